The van der Waals surface area contributed by atoms with E-state index in [0.717, 1.165) is 34.4 Å². The molecule has 1 aliphatic heterocycles. The van der Waals surface area contributed by atoms with Gasteiger partial charge in [0.05, 0.1) is 22.9 Å². The summed E-state index contributed by atoms with van der Waals surface area (Å²) >= 11 is 0. The molecule has 1 aromatic heterocycles. The Morgan fingerprint density at radius 3 is 2.57 bits per heavy atom. The molecule has 1 aliphatic rings. The van der Waals surface area contributed by atoms with Crippen molar-refractivity contribution in [3.05, 3.63) is 84.6 Å². The Labute approximate surface area is 175 Å². The summed E-state index contributed by atoms with van der Waals surface area (Å²) < 4.78 is 5.78. The lowest BCUT2D eigenvalue weighted by atomic mass is 10.1. The molecule has 30 heavy (non-hydrogen) atoms. The third-order valence-electron chi connectivity index (χ3n) is 5.44. The van der Waals surface area contributed by atoms with Crippen LogP contribution in [0.15, 0.2) is 79.0 Å². The molecule has 148 valence electrons. The van der Waals surface area contributed by atoms with Gasteiger partial charge < -0.3 is 9.64 Å². The maximum absolute atomic E-state index is 12.8. The highest BCUT2D eigenvalue weighted by Crippen LogP contribution is 2.32. The number of hydrogen-bond donors (Lipinski definition) is 0. The molecule has 4 aromatic rings. The zero-order valence-corrected chi connectivity index (χ0v) is 16.7. The Morgan fingerprint density at radius 2 is 1.73 bits per heavy atom. The molecular weight excluding hydrogens is 374 g/mol. The van der Waals surface area contributed by atoms with Crippen LogP contribution in [0.2, 0.25) is 0 Å². The SMILES string of the molecule is C[C@@H]1Cc2ccccc2N1C(=O)COc1ccc(-c2cnc3ccccc3n2)cc1. The number of carbonyl (C=O) groups excluding carboxylic acids is 1. The van der Waals surface area contributed by atoms with E-state index in [-0.39, 0.29) is 18.6 Å². The quantitative estimate of drug-likeness (QED) is 0.505. The molecule has 3 aromatic carbocycles. The Balaban J connectivity index is 1.28. The molecular formula is C25H21N3O2. The first kappa shape index (κ1) is 18.3. The van der Waals surface area contributed by atoms with Crippen LogP contribution < -0.4 is 9.64 Å². The van der Waals surface area contributed by atoms with Crippen molar-refractivity contribution in [2.45, 2.75) is 19.4 Å². The van der Waals surface area contributed by atoms with Crippen LogP contribution in [0, 0.1) is 0 Å². The lowest BCUT2D eigenvalue weighted by Crippen LogP contribution is -2.39. The number of hydrogen-bond acceptors (Lipinski definition) is 4. The summed E-state index contributed by atoms with van der Waals surface area (Å²) in [5.41, 5.74) is 5.69. The molecule has 5 rings (SSSR count). The second-order valence-electron chi connectivity index (χ2n) is 7.50. The van der Waals surface area contributed by atoms with Gasteiger partial charge in [0.15, 0.2) is 6.61 Å². The van der Waals surface area contributed by atoms with E-state index in [2.05, 4.69) is 23.0 Å². The zero-order chi connectivity index (χ0) is 20.5. The molecule has 0 unspecified atom stereocenters. The molecule has 0 fully saturated rings. The van der Waals surface area contributed by atoms with E-state index in [1.54, 1.807) is 6.20 Å². The van der Waals surface area contributed by atoms with E-state index in [0.29, 0.717) is 5.75 Å². The summed E-state index contributed by atoms with van der Waals surface area (Å²) in [6.07, 6.45) is 2.65. The maximum atomic E-state index is 12.8. The fourth-order valence-corrected chi connectivity index (χ4v) is 3.98. The van der Waals surface area contributed by atoms with Crippen LogP contribution in [0.5, 0.6) is 5.75 Å². The number of para-hydroxylation sites is 3. The second-order valence-corrected chi connectivity index (χ2v) is 7.50. The van der Waals surface area contributed by atoms with Gasteiger partial charge in [-0.3, -0.25) is 9.78 Å². The van der Waals surface area contributed by atoms with Crippen molar-refractivity contribution in [1.82, 2.24) is 9.97 Å². The molecule has 0 saturated carbocycles. The Kier molecular flexibility index (Phi) is 4.64. The highest BCUT2D eigenvalue weighted by molar-refractivity contribution is 5.97. The predicted molar refractivity (Wildman–Crippen MR) is 118 cm³/mol. The van der Waals surface area contributed by atoms with Crippen LogP contribution in [-0.2, 0) is 11.2 Å². The summed E-state index contributed by atoms with van der Waals surface area (Å²) in [4.78, 5) is 23.8. The van der Waals surface area contributed by atoms with E-state index in [9.17, 15) is 4.79 Å². The van der Waals surface area contributed by atoms with Gasteiger partial charge in [-0.1, -0.05) is 30.3 Å². The minimum Gasteiger partial charge on any atom is -0.484 e. The smallest absolute Gasteiger partial charge is 0.265 e. The van der Waals surface area contributed by atoms with Gasteiger partial charge in [-0.05, 0) is 61.4 Å². The lowest BCUT2D eigenvalue weighted by molar-refractivity contribution is -0.120. The number of rotatable bonds is 4. The molecule has 0 N–H and O–H groups in total. The number of aromatic nitrogens is 2. The molecule has 0 radical (unpaired) electrons. The Hall–Kier alpha value is -3.73. The molecule has 0 saturated heterocycles. The van der Waals surface area contributed by atoms with Gasteiger partial charge in [0.1, 0.15) is 5.75 Å². The molecule has 0 bridgehead atoms. The van der Waals surface area contributed by atoms with Crippen molar-refractivity contribution in [2.75, 3.05) is 11.5 Å². The van der Waals surface area contributed by atoms with E-state index >= 15 is 0 Å². The maximum Gasteiger partial charge on any atom is 0.265 e. The van der Waals surface area contributed by atoms with Crippen molar-refractivity contribution in [2.24, 2.45) is 0 Å². The monoisotopic (exact) mass is 395 g/mol. The second kappa shape index (κ2) is 7.59. The van der Waals surface area contributed by atoms with Gasteiger partial charge in [-0.2, -0.15) is 0 Å². The minimum atomic E-state index is -0.0306. The first-order valence-corrected chi connectivity index (χ1v) is 10.0. The number of anilines is 1. The summed E-state index contributed by atoms with van der Waals surface area (Å²) in [7, 11) is 0. The van der Waals surface area contributed by atoms with Gasteiger partial charge >= 0.3 is 0 Å². The van der Waals surface area contributed by atoms with Crippen molar-refractivity contribution < 1.29 is 9.53 Å². The average molecular weight is 395 g/mol. The normalized spacial score (nSPS) is 15.2. The zero-order valence-electron chi connectivity index (χ0n) is 16.7. The van der Waals surface area contributed by atoms with E-state index in [4.69, 9.17) is 4.74 Å². The molecule has 1 atom stereocenters. The van der Waals surface area contributed by atoms with Crippen molar-refractivity contribution >= 4 is 22.6 Å². The summed E-state index contributed by atoms with van der Waals surface area (Å²) in [5, 5.41) is 0. The molecule has 1 amide bonds. The van der Waals surface area contributed by atoms with Crippen molar-refractivity contribution in [1.29, 1.82) is 0 Å². The third-order valence-corrected chi connectivity index (χ3v) is 5.44. The number of nitrogens with zero attached hydrogens (tertiary/aromatic N) is 3. The van der Waals surface area contributed by atoms with Crippen LogP contribution in [-0.4, -0.2) is 28.5 Å². The number of fused-ring (bicyclic) bond motifs is 2. The Morgan fingerprint density at radius 1 is 1.00 bits per heavy atom. The highest BCUT2D eigenvalue weighted by Gasteiger charge is 2.30. The van der Waals surface area contributed by atoms with Crippen LogP contribution in [0.3, 0.4) is 0 Å². The number of ether oxygens (including phenoxy) is 1. The largest absolute Gasteiger partial charge is 0.484 e. The molecule has 0 aliphatic carbocycles. The van der Waals surface area contributed by atoms with Gasteiger partial charge in [0.2, 0.25) is 0 Å². The molecule has 5 nitrogen and oxygen atoms in total. The first-order valence-electron chi connectivity index (χ1n) is 10.0. The van der Waals surface area contributed by atoms with E-state index in [1.807, 2.05) is 71.6 Å². The number of carbonyl (C=O) groups is 1. The van der Waals surface area contributed by atoms with Crippen molar-refractivity contribution in [3.8, 4) is 17.0 Å². The summed E-state index contributed by atoms with van der Waals surface area (Å²) in [6, 6.07) is 23.6. The van der Waals surface area contributed by atoms with Crippen LogP contribution in [0.1, 0.15) is 12.5 Å². The highest BCUT2D eigenvalue weighted by atomic mass is 16.5. The number of amides is 1. The minimum absolute atomic E-state index is 0.00774. The molecule has 2 heterocycles. The van der Waals surface area contributed by atoms with Gasteiger partial charge in [-0.15, -0.1) is 0 Å². The van der Waals surface area contributed by atoms with Crippen LogP contribution in [0.25, 0.3) is 22.3 Å². The Bertz CT molecular complexity index is 1220. The standard InChI is InChI=1S/C25H21N3O2/c1-17-14-19-6-2-5-9-24(19)28(17)25(29)16-30-20-12-10-18(11-13-20)23-15-26-21-7-3-4-8-22(21)27-23/h2-13,15,17H,14,16H2,1H3/t17-/m1/s1. The lowest BCUT2D eigenvalue weighted by Gasteiger charge is -2.22. The molecule has 0 spiro atoms. The van der Waals surface area contributed by atoms with Gasteiger partial charge in [0, 0.05) is 17.3 Å². The van der Waals surface area contributed by atoms with Crippen LogP contribution >= 0.6 is 0 Å². The van der Waals surface area contributed by atoms with Crippen molar-refractivity contribution in [3.63, 3.8) is 0 Å². The first-order chi connectivity index (χ1) is 14.7. The fraction of sp³-hybridized carbons (Fsp3) is 0.160. The summed E-state index contributed by atoms with van der Waals surface area (Å²) in [6.45, 7) is 2.07. The van der Waals surface area contributed by atoms with E-state index in [1.165, 1.54) is 5.56 Å². The summed E-state index contributed by atoms with van der Waals surface area (Å²) in [5.74, 6) is 0.623. The van der Waals surface area contributed by atoms with E-state index < -0.39 is 0 Å². The van der Waals surface area contributed by atoms with Gasteiger partial charge in [-0.25, -0.2) is 4.98 Å². The van der Waals surface area contributed by atoms with Crippen LogP contribution in [0.4, 0.5) is 5.69 Å². The third kappa shape index (κ3) is 3.39. The molecule has 5 heteroatoms. The topological polar surface area (TPSA) is 55.3 Å². The van der Waals surface area contributed by atoms with Gasteiger partial charge in [0.25, 0.3) is 5.91 Å². The fourth-order valence-electron chi connectivity index (χ4n) is 3.98. The average Bonchev–Trinajstić information content (AvgIpc) is 3.13. The number of benzene rings is 3. The predicted octanol–water partition coefficient (Wildman–Crippen LogP) is 4.65.